The molecule has 0 saturated carbocycles. The standard InChI is InChI=1S/C24H20N4O4S/c1-14-6-4-7-18(10-14)27-23(30)21(22(29)25-24(27)33)12-17-11-15(2)26(16(17)3)19-8-5-9-20(13-19)28(31)32/h4-13H,1-3H3,(H,25,29,33)/b21-12+. The summed E-state index contributed by atoms with van der Waals surface area (Å²) in [4.78, 5) is 38.0. The van der Waals surface area contributed by atoms with Crippen LogP contribution in [-0.2, 0) is 9.59 Å². The second-order valence-electron chi connectivity index (χ2n) is 7.74. The second-order valence-corrected chi connectivity index (χ2v) is 8.12. The van der Waals surface area contributed by atoms with E-state index in [0.29, 0.717) is 16.9 Å². The zero-order chi connectivity index (χ0) is 23.9. The van der Waals surface area contributed by atoms with E-state index in [2.05, 4.69) is 5.32 Å². The Morgan fingerprint density at radius 2 is 1.70 bits per heavy atom. The molecule has 0 aliphatic carbocycles. The van der Waals surface area contributed by atoms with E-state index < -0.39 is 16.7 Å². The molecule has 8 nitrogen and oxygen atoms in total. The Kier molecular flexibility index (Phi) is 5.65. The molecule has 1 aliphatic heterocycles. The first kappa shape index (κ1) is 22.1. The highest BCUT2D eigenvalue weighted by Crippen LogP contribution is 2.27. The van der Waals surface area contributed by atoms with Crippen molar-refractivity contribution in [2.75, 3.05) is 4.90 Å². The number of carbonyl (C=O) groups excluding carboxylic acids is 2. The van der Waals surface area contributed by atoms with Crippen molar-refractivity contribution in [2.24, 2.45) is 0 Å². The van der Waals surface area contributed by atoms with Crippen LogP contribution < -0.4 is 10.2 Å². The highest BCUT2D eigenvalue weighted by Gasteiger charge is 2.34. The number of aryl methyl sites for hydroxylation is 2. The van der Waals surface area contributed by atoms with Crippen molar-refractivity contribution < 1.29 is 14.5 Å². The smallest absolute Gasteiger partial charge is 0.271 e. The molecule has 1 fully saturated rings. The molecule has 2 heterocycles. The molecule has 0 spiro atoms. The summed E-state index contributed by atoms with van der Waals surface area (Å²) in [5.74, 6) is -1.09. The number of carbonyl (C=O) groups is 2. The quantitative estimate of drug-likeness (QED) is 0.207. The van der Waals surface area contributed by atoms with E-state index in [4.69, 9.17) is 12.2 Å². The van der Waals surface area contributed by atoms with Crippen molar-refractivity contribution >= 4 is 46.6 Å². The number of hydrogen-bond donors (Lipinski definition) is 1. The summed E-state index contributed by atoms with van der Waals surface area (Å²) < 4.78 is 1.84. The molecule has 1 N–H and O–H groups in total. The van der Waals surface area contributed by atoms with Gasteiger partial charge < -0.3 is 4.57 Å². The van der Waals surface area contributed by atoms with E-state index in [1.165, 1.54) is 23.1 Å². The van der Waals surface area contributed by atoms with Gasteiger partial charge in [-0.3, -0.25) is 29.9 Å². The molecule has 3 aromatic rings. The number of anilines is 1. The van der Waals surface area contributed by atoms with Crippen LogP contribution in [0.4, 0.5) is 11.4 Å². The minimum atomic E-state index is -0.575. The second kappa shape index (κ2) is 8.44. The van der Waals surface area contributed by atoms with E-state index >= 15 is 0 Å². The lowest BCUT2D eigenvalue weighted by Crippen LogP contribution is -2.54. The maximum atomic E-state index is 13.3. The maximum Gasteiger partial charge on any atom is 0.271 e. The number of thiocarbonyl (C=S) groups is 1. The number of rotatable bonds is 4. The van der Waals surface area contributed by atoms with Gasteiger partial charge in [-0.15, -0.1) is 0 Å². The van der Waals surface area contributed by atoms with Crippen molar-refractivity contribution in [3.05, 3.63) is 92.8 Å². The van der Waals surface area contributed by atoms with Crippen LogP contribution in [0.15, 0.2) is 60.2 Å². The number of nitro groups is 1. The number of hydrogen-bond acceptors (Lipinski definition) is 5. The van der Waals surface area contributed by atoms with Gasteiger partial charge in [0.05, 0.1) is 16.3 Å². The lowest BCUT2D eigenvalue weighted by molar-refractivity contribution is -0.384. The Hall–Kier alpha value is -4.11. The average molecular weight is 461 g/mol. The number of benzene rings is 2. The third-order valence-electron chi connectivity index (χ3n) is 5.43. The van der Waals surface area contributed by atoms with Crippen molar-refractivity contribution in [3.63, 3.8) is 0 Å². The Labute approximate surface area is 195 Å². The Morgan fingerprint density at radius 1 is 1.00 bits per heavy atom. The zero-order valence-corrected chi connectivity index (χ0v) is 19.0. The normalized spacial score (nSPS) is 15.2. The fourth-order valence-electron chi connectivity index (χ4n) is 3.89. The summed E-state index contributed by atoms with van der Waals surface area (Å²) in [6.07, 6.45) is 1.53. The molecule has 1 saturated heterocycles. The van der Waals surface area contributed by atoms with Gasteiger partial charge in [0, 0.05) is 23.5 Å². The molecule has 0 radical (unpaired) electrons. The number of non-ortho nitro benzene ring substituents is 1. The largest absolute Gasteiger partial charge is 0.318 e. The highest BCUT2D eigenvalue weighted by molar-refractivity contribution is 7.80. The van der Waals surface area contributed by atoms with E-state index in [9.17, 15) is 19.7 Å². The van der Waals surface area contributed by atoms with Crippen LogP contribution in [0.2, 0.25) is 0 Å². The minimum absolute atomic E-state index is 0.0230. The van der Waals surface area contributed by atoms with Gasteiger partial charge in [0.1, 0.15) is 5.57 Å². The first-order chi connectivity index (χ1) is 15.7. The van der Waals surface area contributed by atoms with Gasteiger partial charge in [-0.25, -0.2) is 0 Å². The Bertz CT molecular complexity index is 1370. The minimum Gasteiger partial charge on any atom is -0.318 e. The number of amides is 2. The SMILES string of the molecule is Cc1cccc(N2C(=O)/C(=C/c3cc(C)n(-c4cccc([N+](=O)[O-])c4)c3C)C(=O)NC2=S)c1. The fourth-order valence-corrected chi connectivity index (χ4v) is 4.17. The van der Waals surface area contributed by atoms with Crippen LogP contribution in [0.1, 0.15) is 22.5 Å². The molecule has 0 unspecified atom stereocenters. The van der Waals surface area contributed by atoms with E-state index in [1.54, 1.807) is 18.2 Å². The molecule has 4 rings (SSSR count). The lowest BCUT2D eigenvalue weighted by Gasteiger charge is -2.29. The summed E-state index contributed by atoms with van der Waals surface area (Å²) in [5.41, 5.74) is 4.24. The number of nitrogens with one attached hydrogen (secondary N) is 1. The Morgan fingerprint density at radius 3 is 2.39 bits per heavy atom. The van der Waals surface area contributed by atoms with Crippen LogP contribution in [0.3, 0.4) is 0 Å². The molecular formula is C24H20N4O4S. The van der Waals surface area contributed by atoms with Gasteiger partial charge in [-0.05, 0) is 74.5 Å². The highest BCUT2D eigenvalue weighted by atomic mass is 32.1. The molecule has 9 heteroatoms. The van der Waals surface area contributed by atoms with Crippen molar-refractivity contribution in [2.45, 2.75) is 20.8 Å². The fraction of sp³-hybridized carbons (Fsp3) is 0.125. The van der Waals surface area contributed by atoms with E-state index in [1.807, 2.05) is 49.6 Å². The predicted octanol–water partition coefficient (Wildman–Crippen LogP) is 4.14. The molecular weight excluding hydrogens is 440 g/mol. The summed E-state index contributed by atoms with van der Waals surface area (Å²) >= 11 is 5.26. The maximum absolute atomic E-state index is 13.3. The van der Waals surface area contributed by atoms with Crippen LogP contribution in [0, 0.1) is 30.9 Å². The average Bonchev–Trinajstić information content (AvgIpc) is 3.04. The van der Waals surface area contributed by atoms with Crippen LogP contribution in [-0.4, -0.2) is 26.4 Å². The third kappa shape index (κ3) is 4.06. The van der Waals surface area contributed by atoms with Crippen molar-refractivity contribution in [1.82, 2.24) is 9.88 Å². The van der Waals surface area contributed by atoms with Gasteiger partial charge >= 0.3 is 0 Å². The molecule has 1 aromatic heterocycles. The number of aromatic nitrogens is 1. The summed E-state index contributed by atoms with van der Waals surface area (Å²) in [6, 6.07) is 15.4. The monoisotopic (exact) mass is 460 g/mol. The van der Waals surface area contributed by atoms with Gasteiger partial charge in [0.15, 0.2) is 5.11 Å². The van der Waals surface area contributed by atoms with Crippen LogP contribution >= 0.6 is 12.2 Å². The molecule has 166 valence electrons. The molecule has 1 aliphatic rings. The van der Waals surface area contributed by atoms with Crippen LogP contribution in [0.5, 0.6) is 0 Å². The van der Waals surface area contributed by atoms with Gasteiger partial charge in [-0.1, -0.05) is 18.2 Å². The number of nitrogens with zero attached hydrogens (tertiary/aromatic N) is 3. The lowest BCUT2D eigenvalue weighted by atomic mass is 10.1. The first-order valence-electron chi connectivity index (χ1n) is 10.1. The van der Waals surface area contributed by atoms with Gasteiger partial charge in [0.2, 0.25) is 0 Å². The molecule has 33 heavy (non-hydrogen) atoms. The summed E-state index contributed by atoms with van der Waals surface area (Å²) in [7, 11) is 0. The number of nitro benzene ring substituents is 1. The molecule has 2 amide bonds. The summed E-state index contributed by atoms with van der Waals surface area (Å²) in [5, 5.41) is 13.8. The zero-order valence-electron chi connectivity index (χ0n) is 18.2. The topological polar surface area (TPSA) is 97.5 Å². The van der Waals surface area contributed by atoms with Gasteiger partial charge in [0.25, 0.3) is 17.5 Å². The van der Waals surface area contributed by atoms with Crippen molar-refractivity contribution in [1.29, 1.82) is 0 Å². The Balaban J connectivity index is 1.77. The molecule has 0 bridgehead atoms. The third-order valence-corrected chi connectivity index (χ3v) is 5.72. The van der Waals surface area contributed by atoms with E-state index in [-0.39, 0.29) is 16.4 Å². The first-order valence-corrected chi connectivity index (χ1v) is 10.5. The predicted molar refractivity (Wildman–Crippen MR) is 129 cm³/mol. The van der Waals surface area contributed by atoms with Crippen LogP contribution in [0.25, 0.3) is 11.8 Å². The van der Waals surface area contributed by atoms with E-state index in [0.717, 1.165) is 17.0 Å². The molecule has 0 atom stereocenters. The summed E-state index contributed by atoms with van der Waals surface area (Å²) in [6.45, 7) is 5.58. The van der Waals surface area contributed by atoms with Gasteiger partial charge in [-0.2, -0.15) is 0 Å². The van der Waals surface area contributed by atoms with Crippen molar-refractivity contribution in [3.8, 4) is 5.69 Å². The molecule has 2 aromatic carbocycles.